The zero-order valence-corrected chi connectivity index (χ0v) is 15.3. The standard InChI is InChI=1S/C20H18F3N3O3/c21-20(22,23)29-17-3-1-2-14(10-17)19(27)26-15-5-7-16(8-6-15)28-18-9-4-13(11-24)12-25-18/h1-4,9-10,12,15-16H,5-8H2,(H,26,27). The zero-order valence-electron chi connectivity index (χ0n) is 15.3. The maximum atomic E-state index is 12.3. The number of amides is 1. The molecule has 1 fully saturated rings. The Morgan fingerprint density at radius 3 is 2.55 bits per heavy atom. The largest absolute Gasteiger partial charge is 0.573 e. The summed E-state index contributed by atoms with van der Waals surface area (Å²) in [5, 5.41) is 11.6. The van der Waals surface area contributed by atoms with Crippen LogP contribution in [0.5, 0.6) is 11.6 Å². The van der Waals surface area contributed by atoms with Gasteiger partial charge in [0.1, 0.15) is 17.9 Å². The van der Waals surface area contributed by atoms with Crippen molar-refractivity contribution in [2.75, 3.05) is 0 Å². The summed E-state index contributed by atoms with van der Waals surface area (Å²) in [6, 6.07) is 10.1. The molecule has 0 atom stereocenters. The molecule has 6 nitrogen and oxygen atoms in total. The van der Waals surface area contributed by atoms with Gasteiger partial charge in [-0.05, 0) is 49.9 Å². The molecule has 9 heteroatoms. The number of alkyl halides is 3. The lowest BCUT2D eigenvalue weighted by Gasteiger charge is -2.29. The zero-order chi connectivity index (χ0) is 20.9. The van der Waals surface area contributed by atoms with Gasteiger partial charge in [-0.15, -0.1) is 13.2 Å². The summed E-state index contributed by atoms with van der Waals surface area (Å²) in [6.45, 7) is 0. The first kappa shape index (κ1) is 20.5. The Balaban J connectivity index is 1.49. The van der Waals surface area contributed by atoms with Crippen LogP contribution in [-0.2, 0) is 0 Å². The highest BCUT2D eigenvalue weighted by molar-refractivity contribution is 5.94. The Bertz CT molecular complexity index is 886. The summed E-state index contributed by atoms with van der Waals surface area (Å²) in [6.07, 6.45) is -0.674. The molecule has 1 aromatic carbocycles. The Labute approximate surface area is 165 Å². The van der Waals surface area contributed by atoms with Crippen molar-refractivity contribution in [3.63, 3.8) is 0 Å². The van der Waals surface area contributed by atoms with Gasteiger partial charge in [-0.25, -0.2) is 4.98 Å². The first-order chi connectivity index (χ1) is 13.8. The minimum absolute atomic E-state index is 0.0490. The number of nitriles is 1. The number of hydrogen-bond donors (Lipinski definition) is 1. The molecular formula is C20H18F3N3O3. The van der Waals surface area contributed by atoms with Gasteiger partial charge in [-0.3, -0.25) is 4.79 Å². The SMILES string of the molecule is N#Cc1ccc(OC2CCC(NC(=O)c3cccc(OC(F)(F)F)c3)CC2)nc1. The van der Waals surface area contributed by atoms with Crippen LogP contribution >= 0.6 is 0 Å². The second kappa shape index (κ2) is 8.82. The number of carbonyl (C=O) groups is 1. The number of rotatable bonds is 5. The van der Waals surface area contributed by atoms with Gasteiger partial charge in [0, 0.05) is 23.9 Å². The molecule has 1 aromatic heterocycles. The number of nitrogens with zero attached hydrogens (tertiary/aromatic N) is 2. The van der Waals surface area contributed by atoms with E-state index in [-0.39, 0.29) is 17.7 Å². The van der Waals surface area contributed by atoms with Crippen LogP contribution in [0.3, 0.4) is 0 Å². The lowest BCUT2D eigenvalue weighted by Crippen LogP contribution is -2.39. The van der Waals surface area contributed by atoms with E-state index in [0.29, 0.717) is 37.1 Å². The Morgan fingerprint density at radius 1 is 1.17 bits per heavy atom. The van der Waals surface area contributed by atoms with Crippen LogP contribution in [0.1, 0.15) is 41.6 Å². The Morgan fingerprint density at radius 2 is 1.93 bits per heavy atom. The second-order valence-electron chi connectivity index (χ2n) is 6.64. The topological polar surface area (TPSA) is 84.2 Å². The van der Waals surface area contributed by atoms with E-state index in [1.165, 1.54) is 18.3 Å². The number of nitrogens with one attached hydrogen (secondary N) is 1. The fourth-order valence-corrected chi connectivity index (χ4v) is 3.12. The van der Waals surface area contributed by atoms with E-state index < -0.39 is 18.0 Å². The van der Waals surface area contributed by atoms with Gasteiger partial charge in [0.2, 0.25) is 5.88 Å². The molecule has 1 N–H and O–H groups in total. The summed E-state index contributed by atoms with van der Waals surface area (Å²) < 4.78 is 46.6. The molecule has 1 saturated carbocycles. The van der Waals surface area contributed by atoms with E-state index in [9.17, 15) is 18.0 Å². The van der Waals surface area contributed by atoms with Crippen LogP contribution in [0.15, 0.2) is 42.6 Å². The normalized spacial score (nSPS) is 19.1. The minimum atomic E-state index is -4.81. The summed E-state index contributed by atoms with van der Waals surface area (Å²) in [5.74, 6) is -0.439. The van der Waals surface area contributed by atoms with Crippen LogP contribution in [0.2, 0.25) is 0 Å². The van der Waals surface area contributed by atoms with Crippen LogP contribution in [0, 0.1) is 11.3 Å². The third-order valence-corrected chi connectivity index (χ3v) is 4.49. The van der Waals surface area contributed by atoms with Crippen molar-refractivity contribution in [3.05, 3.63) is 53.7 Å². The number of hydrogen-bond acceptors (Lipinski definition) is 5. The van der Waals surface area contributed by atoms with Crippen molar-refractivity contribution in [1.29, 1.82) is 5.26 Å². The van der Waals surface area contributed by atoms with E-state index in [2.05, 4.69) is 15.0 Å². The maximum absolute atomic E-state index is 12.3. The van der Waals surface area contributed by atoms with E-state index in [0.717, 1.165) is 12.1 Å². The molecule has 0 spiro atoms. The highest BCUT2D eigenvalue weighted by Crippen LogP contribution is 2.25. The van der Waals surface area contributed by atoms with Crippen molar-refractivity contribution >= 4 is 5.91 Å². The van der Waals surface area contributed by atoms with Gasteiger partial charge in [0.15, 0.2) is 0 Å². The van der Waals surface area contributed by atoms with Crippen LogP contribution in [-0.4, -0.2) is 29.4 Å². The average molecular weight is 405 g/mol. The number of aromatic nitrogens is 1. The van der Waals surface area contributed by atoms with Gasteiger partial charge >= 0.3 is 6.36 Å². The lowest BCUT2D eigenvalue weighted by atomic mass is 9.92. The summed E-state index contributed by atoms with van der Waals surface area (Å²) in [4.78, 5) is 16.4. The fourth-order valence-electron chi connectivity index (χ4n) is 3.12. The maximum Gasteiger partial charge on any atom is 0.573 e. The van der Waals surface area contributed by atoms with Crippen molar-refractivity contribution in [3.8, 4) is 17.7 Å². The van der Waals surface area contributed by atoms with E-state index in [4.69, 9.17) is 10.00 Å². The van der Waals surface area contributed by atoms with Crippen molar-refractivity contribution in [2.24, 2.45) is 0 Å². The highest BCUT2D eigenvalue weighted by atomic mass is 19.4. The molecule has 1 amide bonds. The molecule has 1 aliphatic carbocycles. The minimum Gasteiger partial charge on any atom is -0.474 e. The van der Waals surface area contributed by atoms with Gasteiger partial charge < -0.3 is 14.8 Å². The molecule has 152 valence electrons. The van der Waals surface area contributed by atoms with Crippen molar-refractivity contribution in [2.45, 2.75) is 44.2 Å². The molecule has 1 heterocycles. The van der Waals surface area contributed by atoms with Crippen LogP contribution < -0.4 is 14.8 Å². The first-order valence-corrected chi connectivity index (χ1v) is 9.02. The van der Waals surface area contributed by atoms with Gasteiger partial charge in [-0.1, -0.05) is 6.07 Å². The monoisotopic (exact) mass is 405 g/mol. The van der Waals surface area contributed by atoms with E-state index in [1.54, 1.807) is 12.1 Å². The number of halogens is 3. The number of carbonyl (C=O) groups excluding carboxylic acids is 1. The Kier molecular flexibility index (Phi) is 6.22. The van der Waals surface area contributed by atoms with Crippen molar-refractivity contribution in [1.82, 2.24) is 10.3 Å². The molecule has 1 aliphatic rings. The first-order valence-electron chi connectivity index (χ1n) is 9.02. The predicted octanol–water partition coefficient (Wildman–Crippen LogP) is 3.97. The molecule has 2 aromatic rings. The number of ether oxygens (including phenoxy) is 2. The second-order valence-corrected chi connectivity index (χ2v) is 6.64. The lowest BCUT2D eigenvalue weighted by molar-refractivity contribution is -0.274. The molecular weight excluding hydrogens is 387 g/mol. The van der Waals surface area contributed by atoms with Crippen molar-refractivity contribution < 1.29 is 27.4 Å². The van der Waals surface area contributed by atoms with Gasteiger partial charge in [0.25, 0.3) is 5.91 Å². The van der Waals surface area contributed by atoms with Gasteiger partial charge in [0.05, 0.1) is 5.56 Å². The quantitative estimate of drug-likeness (QED) is 0.814. The van der Waals surface area contributed by atoms with E-state index >= 15 is 0 Å². The van der Waals surface area contributed by atoms with Crippen LogP contribution in [0.25, 0.3) is 0 Å². The summed E-state index contributed by atoms with van der Waals surface area (Å²) in [5.41, 5.74) is 0.556. The smallest absolute Gasteiger partial charge is 0.474 e. The summed E-state index contributed by atoms with van der Waals surface area (Å²) in [7, 11) is 0. The molecule has 3 rings (SSSR count). The highest BCUT2D eigenvalue weighted by Gasteiger charge is 2.31. The third kappa shape index (κ3) is 6.10. The third-order valence-electron chi connectivity index (χ3n) is 4.49. The fraction of sp³-hybridized carbons (Fsp3) is 0.350. The molecule has 0 unspecified atom stereocenters. The van der Waals surface area contributed by atoms with E-state index in [1.807, 2.05) is 6.07 Å². The summed E-state index contributed by atoms with van der Waals surface area (Å²) >= 11 is 0. The number of pyridine rings is 1. The predicted molar refractivity (Wildman–Crippen MR) is 96.2 cm³/mol. The Hall–Kier alpha value is -3.28. The molecule has 29 heavy (non-hydrogen) atoms. The number of benzene rings is 1. The average Bonchev–Trinajstić information content (AvgIpc) is 2.69. The molecule has 0 saturated heterocycles. The molecule has 0 aliphatic heterocycles. The van der Waals surface area contributed by atoms with Gasteiger partial charge in [-0.2, -0.15) is 5.26 Å². The molecule has 0 radical (unpaired) electrons. The van der Waals surface area contributed by atoms with Crippen LogP contribution in [0.4, 0.5) is 13.2 Å². The molecule has 0 bridgehead atoms.